The van der Waals surface area contributed by atoms with Gasteiger partial charge >= 0.3 is 26.6 Å². The van der Waals surface area contributed by atoms with Crippen LogP contribution in [0.2, 0.25) is 0 Å². The van der Waals surface area contributed by atoms with E-state index < -0.39 is 26.6 Å². The number of benzene rings is 1. The summed E-state index contributed by atoms with van der Waals surface area (Å²) in [6.07, 6.45) is 0. The maximum atomic E-state index is 11.4. The fourth-order valence-corrected chi connectivity index (χ4v) is 1.75. The minimum absolute atomic E-state index is 0.191. The summed E-state index contributed by atoms with van der Waals surface area (Å²) in [6, 6.07) is 5.53. The van der Waals surface area contributed by atoms with Crippen LogP contribution in [0.5, 0.6) is 0 Å². The summed E-state index contributed by atoms with van der Waals surface area (Å²) in [5.74, 6) is 0. The van der Waals surface area contributed by atoms with E-state index in [1.54, 1.807) is 6.07 Å². The van der Waals surface area contributed by atoms with Crippen molar-refractivity contribution >= 4 is 26.6 Å². The number of hydrogen-bond acceptors (Lipinski definition) is 6. The van der Waals surface area contributed by atoms with Crippen LogP contribution < -0.4 is 5.48 Å². The van der Waals surface area contributed by atoms with Crippen LogP contribution in [0.4, 0.5) is 4.79 Å². The molecule has 0 fully saturated rings. The van der Waals surface area contributed by atoms with Gasteiger partial charge in [0, 0.05) is 0 Å². The van der Waals surface area contributed by atoms with E-state index in [1.807, 2.05) is 0 Å². The van der Waals surface area contributed by atoms with E-state index in [9.17, 15) is 21.6 Å². The van der Waals surface area contributed by atoms with Gasteiger partial charge in [0.1, 0.15) is 0 Å². The molecular weight excluding hydrogens is 272 g/mol. The Bertz CT molecular complexity index is 626. The van der Waals surface area contributed by atoms with Gasteiger partial charge in [-0.15, -0.1) is 4.28 Å². The number of hydroxylamine groups is 1. The van der Waals surface area contributed by atoms with Gasteiger partial charge < -0.3 is 0 Å². The summed E-state index contributed by atoms with van der Waals surface area (Å²) < 4.78 is 49.3. The van der Waals surface area contributed by atoms with Gasteiger partial charge in [-0.2, -0.15) is 22.3 Å². The van der Waals surface area contributed by atoms with Gasteiger partial charge in [-0.05, 0) is 12.1 Å². The maximum Gasteiger partial charge on any atom is 0.380 e. The van der Waals surface area contributed by atoms with Crippen LogP contribution in [0.25, 0.3) is 0 Å². The average molecular weight is 278 g/mol. The maximum absolute atomic E-state index is 11.4. The number of nitrogens with one attached hydrogen (secondary N) is 1. The van der Waals surface area contributed by atoms with Crippen LogP contribution in [0, 0.1) is 0 Å². The molecule has 2 amide bonds. The summed E-state index contributed by atoms with van der Waals surface area (Å²) in [4.78, 5) is 10.5. The van der Waals surface area contributed by atoms with E-state index in [0.717, 1.165) is 0 Å². The third-order valence-electron chi connectivity index (χ3n) is 1.43. The minimum Gasteiger partial charge on any atom is -0.243 e. The molecule has 0 aromatic heterocycles. The van der Waals surface area contributed by atoms with Crippen molar-refractivity contribution in [3.8, 4) is 0 Å². The molecule has 0 spiro atoms. The van der Waals surface area contributed by atoms with Gasteiger partial charge in [-0.25, -0.2) is 4.79 Å². The van der Waals surface area contributed by atoms with Crippen molar-refractivity contribution in [1.29, 1.82) is 0 Å². The largest absolute Gasteiger partial charge is 0.380 e. The van der Waals surface area contributed by atoms with Gasteiger partial charge in [0.2, 0.25) is 0 Å². The highest BCUT2D eigenvalue weighted by atomic mass is 32.2. The van der Waals surface area contributed by atoms with Crippen LogP contribution in [0.3, 0.4) is 0 Å². The van der Waals surface area contributed by atoms with Crippen LogP contribution in [-0.2, 0) is 24.9 Å². The van der Waals surface area contributed by atoms with Crippen LogP contribution in [-0.4, -0.2) is 22.9 Å². The first kappa shape index (κ1) is 13.3. The quantitative estimate of drug-likeness (QED) is 0.782. The van der Waals surface area contributed by atoms with Crippen molar-refractivity contribution in [3.63, 3.8) is 0 Å². The van der Waals surface area contributed by atoms with Gasteiger partial charge in [-0.3, -0.25) is 0 Å². The predicted octanol–water partition coefficient (Wildman–Crippen LogP) is 0.0792. The number of hydrogen-bond donors (Lipinski definition) is 1. The molecule has 1 aromatic carbocycles. The highest BCUT2D eigenvalue weighted by Gasteiger charge is 2.16. The molecule has 0 saturated carbocycles. The molecule has 0 atom stereocenters. The monoisotopic (exact) mass is 278 g/mol. The van der Waals surface area contributed by atoms with Gasteiger partial charge in [0.25, 0.3) is 0 Å². The molecular formula is C7H6N2O6S2. The second kappa shape index (κ2) is 5.52. The summed E-state index contributed by atoms with van der Waals surface area (Å²) >= 11 is 0. The Morgan fingerprint density at radius 2 is 1.82 bits per heavy atom. The molecule has 0 aliphatic carbocycles. The molecule has 92 valence electrons. The lowest BCUT2D eigenvalue weighted by Gasteiger charge is -2.02. The average Bonchev–Trinajstić information content (AvgIpc) is 2.27. The third-order valence-corrected chi connectivity index (χ3v) is 2.90. The van der Waals surface area contributed by atoms with E-state index in [0.29, 0.717) is 0 Å². The van der Waals surface area contributed by atoms with E-state index in [-0.39, 0.29) is 4.90 Å². The fraction of sp³-hybridized carbons (Fsp3) is 0. The number of amides is 2. The first-order valence-electron chi connectivity index (χ1n) is 4.01. The normalized spacial score (nSPS) is 10.6. The molecule has 0 radical (unpaired) electrons. The summed E-state index contributed by atoms with van der Waals surface area (Å²) in [7, 11) is -7.16. The molecule has 0 aliphatic rings. The molecule has 0 unspecified atom stereocenters. The molecule has 0 saturated heterocycles. The lowest BCUT2D eigenvalue weighted by molar-refractivity contribution is 0.190. The lowest BCUT2D eigenvalue weighted by atomic mass is 10.4. The Hall–Kier alpha value is -1.78. The molecule has 1 N–H and O–H groups in total. The Morgan fingerprint density at radius 3 is 2.35 bits per heavy atom. The Morgan fingerprint density at radius 1 is 1.24 bits per heavy atom. The first-order valence-corrected chi connectivity index (χ1v) is 6.45. The third kappa shape index (κ3) is 4.30. The van der Waals surface area contributed by atoms with Gasteiger partial charge in [-0.1, -0.05) is 22.6 Å². The molecule has 17 heavy (non-hydrogen) atoms. The molecule has 1 rings (SSSR count). The van der Waals surface area contributed by atoms with E-state index in [1.165, 1.54) is 29.7 Å². The Labute approximate surface area is 98.0 Å². The van der Waals surface area contributed by atoms with Crippen molar-refractivity contribution in [2.45, 2.75) is 4.90 Å². The smallest absolute Gasteiger partial charge is 0.243 e. The van der Waals surface area contributed by atoms with Crippen LogP contribution >= 0.6 is 0 Å². The minimum atomic E-state index is -4.18. The van der Waals surface area contributed by atoms with Crippen molar-refractivity contribution in [3.05, 3.63) is 30.3 Å². The highest BCUT2D eigenvalue weighted by molar-refractivity contribution is 7.86. The van der Waals surface area contributed by atoms with Crippen molar-refractivity contribution in [2.75, 3.05) is 0 Å². The zero-order valence-corrected chi connectivity index (χ0v) is 9.73. The molecule has 0 heterocycles. The Kier molecular flexibility index (Phi) is 4.31. The van der Waals surface area contributed by atoms with Gasteiger partial charge in [0.15, 0.2) is 0 Å². The molecule has 8 nitrogen and oxygen atoms in total. The summed E-state index contributed by atoms with van der Waals surface area (Å²) in [6.45, 7) is 0. The SMILES string of the molecule is O=C(N=S(=O)=O)NOS(=O)(=O)c1ccccc1. The number of nitrogens with zero attached hydrogens (tertiary/aromatic N) is 1. The summed E-state index contributed by atoms with van der Waals surface area (Å²) in [5, 5.41) is 0. The zero-order valence-electron chi connectivity index (χ0n) is 8.10. The predicted molar refractivity (Wildman–Crippen MR) is 54.6 cm³/mol. The Balaban J connectivity index is 2.77. The second-order valence-corrected chi connectivity index (χ2v) is 4.73. The standard InChI is InChI=1S/C7H6N2O6S2/c10-7(9-16(11)12)8-15-17(13,14)6-4-2-1-3-5-6/h1-5H,(H,8,10). The summed E-state index contributed by atoms with van der Waals surface area (Å²) in [5.41, 5.74) is 1.37. The van der Waals surface area contributed by atoms with Gasteiger partial charge in [0.05, 0.1) is 4.90 Å². The van der Waals surface area contributed by atoms with Crippen molar-refractivity contribution < 1.29 is 25.9 Å². The second-order valence-electron chi connectivity index (χ2n) is 2.57. The zero-order chi connectivity index (χ0) is 12.9. The topological polar surface area (TPSA) is 119 Å². The van der Waals surface area contributed by atoms with E-state index in [4.69, 9.17) is 0 Å². The highest BCUT2D eigenvalue weighted by Crippen LogP contribution is 2.09. The number of rotatable bonds is 3. The molecule has 1 aromatic rings. The lowest BCUT2D eigenvalue weighted by Crippen LogP contribution is -2.24. The molecule has 0 aliphatic heterocycles. The molecule has 0 bridgehead atoms. The van der Waals surface area contributed by atoms with Crippen LogP contribution in [0.15, 0.2) is 39.6 Å². The fourth-order valence-electron chi connectivity index (χ4n) is 0.812. The van der Waals surface area contributed by atoms with Crippen molar-refractivity contribution in [1.82, 2.24) is 5.48 Å². The van der Waals surface area contributed by atoms with Crippen molar-refractivity contribution in [2.24, 2.45) is 4.36 Å². The first-order chi connectivity index (χ1) is 7.92. The number of carbonyl (C=O) groups is 1. The number of carbonyl (C=O) groups excluding carboxylic acids is 1. The van der Waals surface area contributed by atoms with Crippen LogP contribution in [0.1, 0.15) is 0 Å². The van der Waals surface area contributed by atoms with E-state index >= 15 is 0 Å². The molecule has 10 heteroatoms. The van der Waals surface area contributed by atoms with E-state index in [2.05, 4.69) is 8.65 Å². The number of urea groups is 1.